The maximum Gasteiger partial charge on any atom is 0.238 e. The summed E-state index contributed by atoms with van der Waals surface area (Å²) in [6, 6.07) is 15.1. The van der Waals surface area contributed by atoms with Crippen LogP contribution < -0.4 is 4.72 Å². The average Bonchev–Trinajstić information content (AvgIpc) is 2.87. The van der Waals surface area contributed by atoms with E-state index in [0.29, 0.717) is 10.2 Å². The minimum atomic E-state index is -3.62. The monoisotopic (exact) mass is 420 g/mol. The molecule has 2 aromatic carbocycles. The van der Waals surface area contributed by atoms with Crippen molar-refractivity contribution in [3.63, 3.8) is 0 Å². The molecule has 130 valence electrons. The fraction of sp³-hybridized carbons (Fsp3) is 0.167. The first-order chi connectivity index (χ1) is 11.8. The number of aryl methyl sites for hydroxylation is 2. The molecule has 1 aromatic heterocycles. The fourth-order valence-corrected chi connectivity index (χ4v) is 4.38. The molecule has 0 atom stereocenters. The van der Waals surface area contributed by atoms with Crippen LogP contribution in [0.2, 0.25) is 0 Å². The van der Waals surface area contributed by atoms with Crippen LogP contribution in [0, 0.1) is 13.8 Å². The van der Waals surface area contributed by atoms with Crippen LogP contribution in [0.1, 0.15) is 16.7 Å². The molecule has 3 rings (SSSR count). The molecule has 0 bridgehead atoms. The molecule has 0 saturated carbocycles. The number of rotatable bonds is 5. The number of nitrogens with zero attached hydrogens (tertiary/aromatic N) is 1. The van der Waals surface area contributed by atoms with Crippen LogP contribution in [0.5, 0.6) is 0 Å². The lowest BCUT2D eigenvalue weighted by molar-refractivity contribution is 0.435. The molecule has 0 amide bonds. The summed E-state index contributed by atoms with van der Waals surface area (Å²) >= 11 is 3.37. The van der Waals surface area contributed by atoms with E-state index < -0.39 is 10.0 Å². The van der Waals surface area contributed by atoms with Crippen molar-refractivity contribution in [2.45, 2.75) is 19.6 Å². The van der Waals surface area contributed by atoms with Crippen molar-refractivity contribution in [1.82, 2.24) is 5.16 Å². The lowest BCUT2D eigenvalue weighted by Crippen LogP contribution is -2.15. The van der Waals surface area contributed by atoms with E-state index in [1.165, 1.54) is 0 Å². The highest BCUT2D eigenvalue weighted by Gasteiger charge is 2.20. The first kappa shape index (κ1) is 17.7. The number of anilines is 1. The van der Waals surface area contributed by atoms with Crippen LogP contribution >= 0.6 is 15.9 Å². The Morgan fingerprint density at radius 2 is 1.72 bits per heavy atom. The van der Waals surface area contributed by atoms with Crippen molar-refractivity contribution in [3.8, 4) is 11.3 Å². The Hall–Kier alpha value is -2.12. The Balaban J connectivity index is 1.83. The van der Waals surface area contributed by atoms with Gasteiger partial charge in [-0.25, -0.2) is 8.42 Å². The lowest BCUT2D eigenvalue weighted by atomic mass is 10.1. The summed E-state index contributed by atoms with van der Waals surface area (Å²) in [5.41, 5.74) is 3.59. The van der Waals surface area contributed by atoms with E-state index in [-0.39, 0.29) is 11.6 Å². The summed E-state index contributed by atoms with van der Waals surface area (Å²) in [5.74, 6) is 0.489. The van der Waals surface area contributed by atoms with Gasteiger partial charge in [-0.1, -0.05) is 64.8 Å². The molecule has 1 N–H and O–H groups in total. The van der Waals surface area contributed by atoms with Gasteiger partial charge in [0.1, 0.15) is 4.47 Å². The van der Waals surface area contributed by atoms with Crippen LogP contribution in [-0.2, 0) is 15.8 Å². The van der Waals surface area contributed by atoms with Crippen molar-refractivity contribution < 1.29 is 12.9 Å². The number of hydrogen-bond donors (Lipinski definition) is 1. The van der Waals surface area contributed by atoms with Gasteiger partial charge in [-0.3, -0.25) is 4.72 Å². The van der Waals surface area contributed by atoms with Gasteiger partial charge in [0.05, 0.1) is 5.75 Å². The van der Waals surface area contributed by atoms with Gasteiger partial charge < -0.3 is 4.52 Å². The molecule has 0 spiro atoms. The van der Waals surface area contributed by atoms with E-state index >= 15 is 0 Å². The Bertz CT molecular complexity index is 978. The minimum Gasteiger partial charge on any atom is -0.353 e. The Morgan fingerprint density at radius 1 is 1.08 bits per heavy atom. The largest absolute Gasteiger partial charge is 0.353 e. The average molecular weight is 421 g/mol. The van der Waals surface area contributed by atoms with E-state index in [9.17, 15) is 8.42 Å². The summed E-state index contributed by atoms with van der Waals surface area (Å²) in [7, 11) is -3.62. The van der Waals surface area contributed by atoms with Gasteiger partial charge in [0.25, 0.3) is 0 Å². The first-order valence-corrected chi connectivity index (χ1v) is 10.1. The molecule has 25 heavy (non-hydrogen) atoms. The van der Waals surface area contributed by atoms with E-state index in [0.717, 1.165) is 22.3 Å². The molecule has 1 heterocycles. The normalized spacial score (nSPS) is 11.5. The molecular weight excluding hydrogens is 404 g/mol. The maximum atomic E-state index is 12.5. The Kier molecular flexibility index (Phi) is 4.96. The predicted octanol–water partition coefficient (Wildman–Crippen LogP) is 4.66. The van der Waals surface area contributed by atoms with Gasteiger partial charge in [0.2, 0.25) is 10.0 Å². The van der Waals surface area contributed by atoms with Crippen molar-refractivity contribution in [2.75, 3.05) is 4.72 Å². The third-order valence-electron chi connectivity index (χ3n) is 3.56. The van der Waals surface area contributed by atoms with Gasteiger partial charge in [-0.15, -0.1) is 0 Å². The molecule has 7 heteroatoms. The van der Waals surface area contributed by atoms with Gasteiger partial charge in [0, 0.05) is 5.56 Å². The Morgan fingerprint density at radius 3 is 2.36 bits per heavy atom. The lowest BCUT2D eigenvalue weighted by Gasteiger charge is -2.07. The molecule has 0 unspecified atom stereocenters. The van der Waals surface area contributed by atoms with Crippen LogP contribution in [0.4, 0.5) is 5.82 Å². The second-order valence-corrected chi connectivity index (χ2v) is 8.41. The highest BCUT2D eigenvalue weighted by atomic mass is 79.9. The zero-order chi connectivity index (χ0) is 18.0. The van der Waals surface area contributed by atoms with Crippen LogP contribution in [0.15, 0.2) is 57.5 Å². The van der Waals surface area contributed by atoms with E-state index in [1.54, 1.807) is 0 Å². The number of benzene rings is 2. The summed E-state index contributed by atoms with van der Waals surface area (Å²) < 4.78 is 33.2. The second kappa shape index (κ2) is 7.01. The highest BCUT2D eigenvalue weighted by Crippen LogP contribution is 2.34. The third-order valence-corrected chi connectivity index (χ3v) is 5.52. The molecule has 0 aliphatic carbocycles. The SMILES string of the molecule is Cc1cc(C)cc(CS(=O)(=O)Nc2noc(-c3ccccc3)c2Br)c1. The zero-order valence-electron chi connectivity index (χ0n) is 13.8. The summed E-state index contributed by atoms with van der Waals surface area (Å²) in [4.78, 5) is 0. The summed E-state index contributed by atoms with van der Waals surface area (Å²) in [6.45, 7) is 3.88. The smallest absolute Gasteiger partial charge is 0.238 e. The van der Waals surface area contributed by atoms with Crippen LogP contribution in [0.25, 0.3) is 11.3 Å². The molecule has 0 radical (unpaired) electrons. The quantitative estimate of drug-likeness (QED) is 0.650. The van der Waals surface area contributed by atoms with Gasteiger partial charge in [0.15, 0.2) is 11.6 Å². The number of nitrogens with one attached hydrogen (secondary N) is 1. The molecular formula is C18H17BrN2O3S. The zero-order valence-corrected chi connectivity index (χ0v) is 16.2. The van der Waals surface area contributed by atoms with Gasteiger partial charge in [-0.05, 0) is 35.3 Å². The van der Waals surface area contributed by atoms with Crippen LogP contribution in [0.3, 0.4) is 0 Å². The number of sulfonamides is 1. The fourth-order valence-electron chi connectivity index (χ4n) is 2.67. The summed E-state index contributed by atoms with van der Waals surface area (Å²) in [5, 5.41) is 3.84. The number of hydrogen-bond acceptors (Lipinski definition) is 4. The predicted molar refractivity (Wildman–Crippen MR) is 102 cm³/mol. The highest BCUT2D eigenvalue weighted by molar-refractivity contribution is 9.10. The third kappa shape index (κ3) is 4.29. The Labute approximate surface area is 155 Å². The standard InChI is InChI=1S/C18H17BrN2O3S/c1-12-8-13(2)10-14(9-12)11-25(22,23)21-18-16(19)17(24-20-18)15-6-4-3-5-7-15/h3-10H,11H2,1-2H3,(H,20,21). The minimum absolute atomic E-state index is 0.129. The molecule has 0 fully saturated rings. The van der Waals surface area contributed by atoms with Crippen molar-refractivity contribution in [1.29, 1.82) is 0 Å². The van der Waals surface area contributed by atoms with E-state index in [2.05, 4.69) is 25.8 Å². The summed E-state index contributed by atoms with van der Waals surface area (Å²) in [6.07, 6.45) is 0. The molecule has 5 nitrogen and oxygen atoms in total. The van der Waals surface area contributed by atoms with Crippen molar-refractivity contribution >= 4 is 31.8 Å². The molecule has 0 aliphatic rings. The molecule has 0 saturated heterocycles. The van der Waals surface area contributed by atoms with Crippen molar-refractivity contribution in [2.24, 2.45) is 0 Å². The maximum absolute atomic E-state index is 12.5. The van der Waals surface area contributed by atoms with E-state index in [4.69, 9.17) is 4.52 Å². The molecule has 3 aromatic rings. The number of aromatic nitrogens is 1. The first-order valence-electron chi connectivity index (χ1n) is 7.62. The molecule has 0 aliphatic heterocycles. The van der Waals surface area contributed by atoms with Crippen LogP contribution in [-0.4, -0.2) is 13.6 Å². The van der Waals surface area contributed by atoms with Gasteiger partial charge >= 0.3 is 0 Å². The van der Waals surface area contributed by atoms with E-state index in [1.807, 2.05) is 62.4 Å². The topological polar surface area (TPSA) is 72.2 Å². The number of halogens is 1. The van der Waals surface area contributed by atoms with Gasteiger partial charge in [-0.2, -0.15) is 0 Å². The second-order valence-electron chi connectivity index (χ2n) is 5.90. The van der Waals surface area contributed by atoms with Crippen molar-refractivity contribution in [3.05, 3.63) is 69.7 Å².